The molecule has 1 heterocycles. The number of carbonyl (C=O) groups is 2. The maximum atomic E-state index is 13.1. The van der Waals surface area contributed by atoms with Crippen molar-refractivity contribution in [2.45, 2.75) is 26.2 Å². The Bertz CT molecular complexity index is 916. The Kier molecular flexibility index (Phi) is 11.2. The molecule has 0 radical (unpaired) electrons. The lowest BCUT2D eigenvalue weighted by Gasteiger charge is -2.32. The van der Waals surface area contributed by atoms with Crippen molar-refractivity contribution in [1.29, 1.82) is 0 Å². The van der Waals surface area contributed by atoms with Crippen LogP contribution in [0.5, 0.6) is 0 Å². The molecule has 1 aromatic carbocycles. The Morgan fingerprint density at radius 1 is 1.06 bits per heavy atom. The van der Waals surface area contributed by atoms with Crippen LogP contribution in [0, 0.1) is 0 Å². The number of carbonyl (C=O) groups excluding carboxylic acids is 2. The first kappa shape index (κ1) is 27.1. The second kappa shape index (κ2) is 13.6. The average molecular weight is 501 g/mol. The van der Waals surface area contributed by atoms with Gasteiger partial charge in [-0.1, -0.05) is 35.3 Å². The van der Waals surface area contributed by atoms with Crippen molar-refractivity contribution in [1.82, 2.24) is 5.32 Å². The Morgan fingerprint density at radius 3 is 2.39 bits per heavy atom. The fourth-order valence-corrected chi connectivity index (χ4v) is 3.97. The average Bonchev–Trinajstić information content (AvgIpc) is 2.79. The van der Waals surface area contributed by atoms with Crippen molar-refractivity contribution in [3.63, 3.8) is 0 Å². The third-order valence-electron chi connectivity index (χ3n) is 4.97. The summed E-state index contributed by atoms with van der Waals surface area (Å²) in [6.07, 6.45) is 0.367. The highest BCUT2D eigenvalue weighted by molar-refractivity contribution is 6.42. The molecule has 1 aliphatic heterocycles. The first-order valence-electron chi connectivity index (χ1n) is 10.6. The zero-order valence-corrected chi connectivity index (χ0v) is 20.6. The minimum Gasteiger partial charge on any atom is -0.466 e. The number of nitrogens with two attached hydrogens (primary N) is 1. The molecule has 0 fully saturated rings. The van der Waals surface area contributed by atoms with Crippen LogP contribution in [0.3, 0.4) is 0 Å². The fraction of sp³-hybridized carbons (Fsp3) is 0.478. The molecule has 0 saturated carbocycles. The summed E-state index contributed by atoms with van der Waals surface area (Å²) in [4.78, 5) is 25.9. The predicted molar refractivity (Wildman–Crippen MR) is 126 cm³/mol. The molecule has 10 heteroatoms. The number of hydrogen-bond acceptors (Lipinski definition) is 8. The Labute approximate surface area is 204 Å². The highest BCUT2D eigenvalue weighted by Gasteiger charge is 2.39. The number of methoxy groups -OCH3 is 1. The van der Waals surface area contributed by atoms with E-state index in [1.165, 1.54) is 7.11 Å². The molecule has 0 bridgehead atoms. The van der Waals surface area contributed by atoms with E-state index in [1.54, 1.807) is 32.0 Å². The molecule has 33 heavy (non-hydrogen) atoms. The van der Waals surface area contributed by atoms with Crippen LogP contribution in [0.15, 0.2) is 40.7 Å². The van der Waals surface area contributed by atoms with Crippen molar-refractivity contribution in [2.24, 2.45) is 5.73 Å². The highest BCUT2D eigenvalue weighted by atomic mass is 35.5. The molecule has 3 N–H and O–H groups in total. The van der Waals surface area contributed by atoms with Gasteiger partial charge in [-0.25, -0.2) is 9.59 Å². The number of nitrogens with one attached hydrogen (secondary N) is 1. The molecular formula is C23H30Cl2N2O6. The number of dihydropyridines is 1. The normalized spacial score (nSPS) is 16.0. The second-order valence-electron chi connectivity index (χ2n) is 7.11. The first-order chi connectivity index (χ1) is 15.9. The SMILES string of the molecule is CCOC(=O)C1=C(CCOCCOCCN)NC(C)=C(C(=O)OC)[C@H]1c1cccc(Cl)c1Cl. The maximum Gasteiger partial charge on any atom is 0.336 e. The van der Waals surface area contributed by atoms with Gasteiger partial charge < -0.3 is 30.0 Å². The van der Waals surface area contributed by atoms with Gasteiger partial charge in [0.2, 0.25) is 0 Å². The predicted octanol–water partition coefficient (Wildman–Crippen LogP) is 3.33. The third kappa shape index (κ3) is 6.94. The van der Waals surface area contributed by atoms with E-state index in [2.05, 4.69) is 5.32 Å². The summed E-state index contributed by atoms with van der Waals surface area (Å²) in [5.41, 5.74) is 7.52. The second-order valence-corrected chi connectivity index (χ2v) is 7.89. The quantitative estimate of drug-likeness (QED) is 0.332. The Balaban J connectivity index is 2.46. The van der Waals surface area contributed by atoms with Gasteiger partial charge in [0.05, 0.1) is 67.3 Å². The molecule has 0 saturated heterocycles. The van der Waals surface area contributed by atoms with Crippen LogP contribution in [-0.4, -0.2) is 58.6 Å². The van der Waals surface area contributed by atoms with Gasteiger partial charge in [-0.15, -0.1) is 0 Å². The van der Waals surface area contributed by atoms with Crippen LogP contribution < -0.4 is 11.1 Å². The van der Waals surface area contributed by atoms with Gasteiger partial charge in [-0.05, 0) is 25.5 Å². The number of rotatable bonds is 12. The van der Waals surface area contributed by atoms with Crippen LogP contribution in [0.2, 0.25) is 10.0 Å². The largest absolute Gasteiger partial charge is 0.466 e. The van der Waals surface area contributed by atoms with Crippen molar-refractivity contribution in [2.75, 3.05) is 46.7 Å². The molecule has 8 nitrogen and oxygen atoms in total. The molecule has 0 aromatic heterocycles. The zero-order valence-electron chi connectivity index (χ0n) is 19.0. The molecule has 1 aliphatic rings. The van der Waals surface area contributed by atoms with Gasteiger partial charge in [0.15, 0.2) is 0 Å². The molecule has 182 valence electrons. The minimum atomic E-state index is -0.827. The molecule has 1 atom stereocenters. The fourth-order valence-electron chi connectivity index (χ4n) is 3.56. The lowest BCUT2D eigenvalue weighted by Crippen LogP contribution is -2.33. The van der Waals surface area contributed by atoms with Gasteiger partial charge >= 0.3 is 11.9 Å². The summed E-state index contributed by atoms with van der Waals surface area (Å²) in [5, 5.41) is 3.72. The van der Waals surface area contributed by atoms with Gasteiger partial charge in [-0.2, -0.15) is 0 Å². The molecule has 1 aromatic rings. The number of halogens is 2. The number of benzene rings is 1. The molecule has 0 aliphatic carbocycles. The van der Waals surface area contributed by atoms with Crippen LogP contribution in [0.4, 0.5) is 0 Å². The highest BCUT2D eigenvalue weighted by Crippen LogP contribution is 2.44. The van der Waals surface area contributed by atoms with Crippen molar-refractivity contribution in [3.05, 3.63) is 56.3 Å². The summed E-state index contributed by atoms with van der Waals surface area (Å²) >= 11 is 12.8. The van der Waals surface area contributed by atoms with E-state index in [0.29, 0.717) is 61.4 Å². The molecule has 0 spiro atoms. The van der Waals surface area contributed by atoms with E-state index >= 15 is 0 Å². The van der Waals surface area contributed by atoms with Crippen molar-refractivity contribution < 1.29 is 28.5 Å². The van der Waals surface area contributed by atoms with Gasteiger partial charge in [0.1, 0.15) is 0 Å². The van der Waals surface area contributed by atoms with Crippen LogP contribution in [0.25, 0.3) is 0 Å². The van der Waals surface area contributed by atoms with E-state index in [4.69, 9.17) is 47.9 Å². The standard InChI is InChI=1S/C23H30Cl2N2O6/c1-4-33-23(29)20-17(8-10-31-12-13-32-11-9-26)27-14(2)18(22(28)30-3)19(20)15-6-5-7-16(24)21(15)25/h5-7,19,27H,4,8-13,26H2,1-3H3/t19-/m1/s1. The van der Waals surface area contributed by atoms with E-state index in [-0.39, 0.29) is 22.8 Å². The van der Waals surface area contributed by atoms with Crippen molar-refractivity contribution >= 4 is 35.1 Å². The monoisotopic (exact) mass is 500 g/mol. The lowest BCUT2D eigenvalue weighted by molar-refractivity contribution is -0.139. The summed E-state index contributed by atoms with van der Waals surface area (Å²) < 4.78 is 21.3. The summed E-state index contributed by atoms with van der Waals surface area (Å²) in [6, 6.07) is 5.07. The van der Waals surface area contributed by atoms with Crippen LogP contribution in [-0.2, 0) is 28.5 Å². The van der Waals surface area contributed by atoms with Crippen LogP contribution >= 0.6 is 23.2 Å². The molecule has 0 unspecified atom stereocenters. The maximum absolute atomic E-state index is 13.1. The van der Waals surface area contributed by atoms with E-state index < -0.39 is 17.9 Å². The Morgan fingerprint density at radius 2 is 1.76 bits per heavy atom. The number of hydrogen-bond donors (Lipinski definition) is 2. The molecule has 2 rings (SSSR count). The molecular weight excluding hydrogens is 471 g/mol. The van der Waals surface area contributed by atoms with Gasteiger partial charge in [-0.3, -0.25) is 0 Å². The zero-order chi connectivity index (χ0) is 24.4. The van der Waals surface area contributed by atoms with Gasteiger partial charge in [0.25, 0.3) is 0 Å². The van der Waals surface area contributed by atoms with Crippen LogP contribution in [0.1, 0.15) is 31.7 Å². The number of allylic oxidation sites excluding steroid dienone is 1. The summed E-state index contributed by atoms with van der Waals surface area (Å²) in [7, 11) is 1.28. The summed E-state index contributed by atoms with van der Waals surface area (Å²) in [5.74, 6) is -1.98. The number of esters is 2. The summed E-state index contributed by atoms with van der Waals surface area (Å²) in [6.45, 7) is 5.63. The topological polar surface area (TPSA) is 109 Å². The smallest absolute Gasteiger partial charge is 0.336 e. The minimum absolute atomic E-state index is 0.164. The van der Waals surface area contributed by atoms with E-state index in [0.717, 1.165) is 0 Å². The Hall–Kier alpha value is -2.10. The third-order valence-corrected chi connectivity index (χ3v) is 5.80. The first-order valence-corrected chi connectivity index (χ1v) is 11.4. The number of ether oxygens (including phenoxy) is 4. The molecule has 0 amide bonds. The van der Waals surface area contributed by atoms with Crippen molar-refractivity contribution in [3.8, 4) is 0 Å². The van der Waals surface area contributed by atoms with Gasteiger partial charge in [0, 0.05) is 24.4 Å². The van der Waals surface area contributed by atoms with E-state index in [9.17, 15) is 9.59 Å². The van der Waals surface area contributed by atoms with E-state index in [1.807, 2.05) is 0 Å². The lowest BCUT2D eigenvalue weighted by atomic mass is 9.79.